The zero-order chi connectivity index (χ0) is 20.2. The summed E-state index contributed by atoms with van der Waals surface area (Å²) in [5.74, 6) is -0.0586. The molecule has 5 nitrogen and oxygen atoms in total. The summed E-state index contributed by atoms with van der Waals surface area (Å²) in [7, 11) is 1.96. The summed E-state index contributed by atoms with van der Waals surface area (Å²) < 4.78 is 1.89. The number of fused-ring (bicyclic) bond motifs is 1. The van der Waals surface area contributed by atoms with E-state index in [0.29, 0.717) is 12.1 Å². The van der Waals surface area contributed by atoms with Crippen LogP contribution in [0.4, 0.5) is 0 Å². The summed E-state index contributed by atoms with van der Waals surface area (Å²) in [6, 6.07) is 18.6. The maximum atomic E-state index is 12.2. The quantitative estimate of drug-likeness (QED) is 0.504. The molecule has 146 valence electrons. The summed E-state index contributed by atoms with van der Waals surface area (Å²) in [4.78, 5) is 16.4. The number of carbonyl (C=O) groups is 1. The van der Waals surface area contributed by atoms with Crippen LogP contribution in [-0.2, 0) is 13.5 Å². The number of carbonyl (C=O) groups excluding carboxylic acids is 1. The van der Waals surface area contributed by atoms with Crippen molar-refractivity contribution in [2.75, 3.05) is 6.54 Å². The molecule has 2 aromatic heterocycles. The Bertz CT molecular complexity index is 1150. The fourth-order valence-electron chi connectivity index (χ4n) is 3.52. The molecule has 0 spiro atoms. The van der Waals surface area contributed by atoms with E-state index in [1.807, 2.05) is 24.9 Å². The molecule has 0 saturated carbocycles. The van der Waals surface area contributed by atoms with E-state index in [1.165, 1.54) is 16.7 Å². The Balaban J connectivity index is 1.32. The SMILES string of the molecule is Cc1ncccc1C(=O)NCCCc1ccc(-c2ccc3c(cnn3C)c2)cc1. The standard InChI is InChI=1S/C24H24N4O/c1-17-22(6-4-13-25-17)24(29)26-14-3-5-18-7-9-19(10-8-18)20-11-12-23-21(15-20)16-27-28(23)2/h4,6-13,15-16H,3,5,14H2,1-2H3,(H,26,29). The smallest absolute Gasteiger partial charge is 0.253 e. The highest BCUT2D eigenvalue weighted by molar-refractivity contribution is 5.95. The lowest BCUT2D eigenvalue weighted by molar-refractivity contribution is 0.0952. The number of hydrogen-bond acceptors (Lipinski definition) is 3. The predicted octanol–water partition coefficient (Wildman–Crippen LogP) is 4.31. The molecule has 4 aromatic rings. The highest BCUT2D eigenvalue weighted by Crippen LogP contribution is 2.24. The molecular weight excluding hydrogens is 360 g/mol. The van der Waals surface area contributed by atoms with Gasteiger partial charge in [0.25, 0.3) is 5.91 Å². The summed E-state index contributed by atoms with van der Waals surface area (Å²) in [6.45, 7) is 2.50. The van der Waals surface area contributed by atoms with E-state index in [2.05, 4.69) is 57.9 Å². The molecule has 1 N–H and O–H groups in total. The molecule has 2 aromatic carbocycles. The van der Waals surface area contributed by atoms with Crippen LogP contribution in [0, 0.1) is 6.92 Å². The fourth-order valence-corrected chi connectivity index (χ4v) is 3.52. The first-order valence-electron chi connectivity index (χ1n) is 9.83. The fraction of sp³-hybridized carbons (Fsp3) is 0.208. The van der Waals surface area contributed by atoms with Gasteiger partial charge in [-0.3, -0.25) is 14.5 Å². The maximum absolute atomic E-state index is 12.2. The van der Waals surface area contributed by atoms with Crippen LogP contribution in [0.3, 0.4) is 0 Å². The third kappa shape index (κ3) is 4.19. The Hall–Kier alpha value is -3.47. The van der Waals surface area contributed by atoms with Gasteiger partial charge in [-0.05, 0) is 60.7 Å². The van der Waals surface area contributed by atoms with Crippen LogP contribution in [0.5, 0.6) is 0 Å². The second kappa shape index (κ2) is 8.27. The van der Waals surface area contributed by atoms with Gasteiger partial charge in [0, 0.05) is 30.9 Å². The Kier molecular flexibility index (Phi) is 5.38. The minimum absolute atomic E-state index is 0.0586. The molecule has 2 heterocycles. The molecule has 0 aliphatic heterocycles. The van der Waals surface area contributed by atoms with Crippen molar-refractivity contribution in [1.82, 2.24) is 20.1 Å². The average molecular weight is 384 g/mol. The maximum Gasteiger partial charge on any atom is 0.253 e. The van der Waals surface area contributed by atoms with E-state index in [0.717, 1.165) is 29.4 Å². The molecule has 4 rings (SSSR count). The molecule has 0 unspecified atom stereocenters. The van der Waals surface area contributed by atoms with Crippen molar-refractivity contribution in [2.24, 2.45) is 7.05 Å². The molecule has 0 fully saturated rings. The third-order valence-electron chi connectivity index (χ3n) is 5.21. The van der Waals surface area contributed by atoms with Gasteiger partial charge in [0.2, 0.25) is 0 Å². The van der Waals surface area contributed by atoms with Crippen molar-refractivity contribution in [1.29, 1.82) is 0 Å². The first kappa shape index (κ1) is 18.9. The third-order valence-corrected chi connectivity index (χ3v) is 5.21. The number of benzene rings is 2. The van der Waals surface area contributed by atoms with Crippen LogP contribution in [0.1, 0.15) is 28.0 Å². The summed E-state index contributed by atoms with van der Waals surface area (Å²) in [5.41, 5.74) is 6.18. The van der Waals surface area contributed by atoms with E-state index in [4.69, 9.17) is 0 Å². The summed E-state index contributed by atoms with van der Waals surface area (Å²) >= 11 is 0. The van der Waals surface area contributed by atoms with Gasteiger partial charge in [-0.25, -0.2) is 0 Å². The number of nitrogens with zero attached hydrogens (tertiary/aromatic N) is 3. The van der Waals surface area contributed by atoms with Gasteiger partial charge in [0.1, 0.15) is 0 Å². The number of aryl methyl sites for hydroxylation is 3. The molecule has 0 bridgehead atoms. The minimum Gasteiger partial charge on any atom is -0.352 e. The topological polar surface area (TPSA) is 59.8 Å². The van der Waals surface area contributed by atoms with E-state index in [9.17, 15) is 4.79 Å². The Morgan fingerprint density at radius 1 is 1.07 bits per heavy atom. The van der Waals surface area contributed by atoms with Crippen molar-refractivity contribution < 1.29 is 4.79 Å². The van der Waals surface area contributed by atoms with Crippen LogP contribution in [0.15, 0.2) is 67.0 Å². The van der Waals surface area contributed by atoms with Gasteiger partial charge in [-0.2, -0.15) is 5.10 Å². The Labute approximate surface area is 170 Å². The first-order valence-corrected chi connectivity index (χ1v) is 9.83. The van der Waals surface area contributed by atoms with Crippen LogP contribution in [-0.4, -0.2) is 27.2 Å². The van der Waals surface area contributed by atoms with Gasteiger partial charge >= 0.3 is 0 Å². The van der Waals surface area contributed by atoms with E-state index >= 15 is 0 Å². The Morgan fingerprint density at radius 3 is 2.66 bits per heavy atom. The van der Waals surface area contributed by atoms with Gasteiger partial charge in [0.05, 0.1) is 17.3 Å². The lowest BCUT2D eigenvalue weighted by atomic mass is 10.0. The molecule has 5 heteroatoms. The van der Waals surface area contributed by atoms with Crippen molar-refractivity contribution in [2.45, 2.75) is 19.8 Å². The van der Waals surface area contributed by atoms with E-state index in [-0.39, 0.29) is 5.91 Å². The molecule has 0 atom stereocenters. The number of nitrogens with one attached hydrogen (secondary N) is 1. The van der Waals surface area contributed by atoms with Gasteiger partial charge in [0.15, 0.2) is 0 Å². The van der Waals surface area contributed by atoms with Crippen molar-refractivity contribution in [3.63, 3.8) is 0 Å². The van der Waals surface area contributed by atoms with Gasteiger partial charge in [-0.15, -0.1) is 0 Å². The van der Waals surface area contributed by atoms with Crippen LogP contribution in [0.25, 0.3) is 22.0 Å². The molecule has 0 saturated heterocycles. The van der Waals surface area contributed by atoms with E-state index in [1.54, 1.807) is 18.3 Å². The highest BCUT2D eigenvalue weighted by atomic mass is 16.1. The normalized spacial score (nSPS) is 11.0. The average Bonchev–Trinajstić information content (AvgIpc) is 3.12. The molecule has 1 amide bonds. The van der Waals surface area contributed by atoms with Crippen LogP contribution < -0.4 is 5.32 Å². The number of amides is 1. The number of rotatable bonds is 6. The number of hydrogen-bond donors (Lipinski definition) is 1. The van der Waals surface area contributed by atoms with Crippen molar-refractivity contribution in [3.05, 3.63) is 83.8 Å². The number of aromatic nitrogens is 3. The number of pyridine rings is 1. The highest BCUT2D eigenvalue weighted by Gasteiger charge is 2.08. The Morgan fingerprint density at radius 2 is 1.86 bits per heavy atom. The predicted molar refractivity (Wildman–Crippen MR) is 116 cm³/mol. The summed E-state index contributed by atoms with van der Waals surface area (Å²) in [6.07, 6.45) is 5.42. The van der Waals surface area contributed by atoms with E-state index < -0.39 is 0 Å². The molecular formula is C24H24N4O. The molecule has 0 radical (unpaired) electrons. The van der Waals surface area contributed by atoms with Crippen LogP contribution >= 0.6 is 0 Å². The zero-order valence-electron chi connectivity index (χ0n) is 16.7. The molecule has 0 aliphatic rings. The zero-order valence-corrected chi connectivity index (χ0v) is 16.7. The van der Waals surface area contributed by atoms with Gasteiger partial charge in [-0.1, -0.05) is 30.3 Å². The van der Waals surface area contributed by atoms with Crippen molar-refractivity contribution in [3.8, 4) is 11.1 Å². The monoisotopic (exact) mass is 384 g/mol. The van der Waals surface area contributed by atoms with Crippen LogP contribution in [0.2, 0.25) is 0 Å². The second-order valence-corrected chi connectivity index (χ2v) is 7.23. The van der Waals surface area contributed by atoms with Gasteiger partial charge < -0.3 is 5.32 Å². The largest absolute Gasteiger partial charge is 0.352 e. The molecule has 0 aliphatic carbocycles. The lowest BCUT2D eigenvalue weighted by Crippen LogP contribution is -2.25. The minimum atomic E-state index is -0.0586. The molecule has 29 heavy (non-hydrogen) atoms. The second-order valence-electron chi connectivity index (χ2n) is 7.23. The summed E-state index contributed by atoms with van der Waals surface area (Å²) in [5, 5.41) is 8.43. The first-order chi connectivity index (χ1) is 14.1. The van der Waals surface area contributed by atoms with Crippen molar-refractivity contribution >= 4 is 16.8 Å². The lowest BCUT2D eigenvalue weighted by Gasteiger charge is -2.08.